The van der Waals surface area contributed by atoms with Gasteiger partial charge in [-0.2, -0.15) is 11.3 Å². The van der Waals surface area contributed by atoms with E-state index < -0.39 is 0 Å². The zero-order chi connectivity index (χ0) is 12.9. The van der Waals surface area contributed by atoms with E-state index >= 15 is 0 Å². The van der Waals surface area contributed by atoms with E-state index in [4.69, 9.17) is 0 Å². The van der Waals surface area contributed by atoms with Crippen LogP contribution >= 0.6 is 11.3 Å². The van der Waals surface area contributed by atoms with Crippen LogP contribution in [-0.2, 0) is 0 Å². The maximum Gasteiger partial charge on any atom is 0.0165 e. The molecule has 0 atom stereocenters. The van der Waals surface area contributed by atoms with Crippen LogP contribution in [0.4, 0.5) is 0 Å². The van der Waals surface area contributed by atoms with Crippen molar-refractivity contribution in [1.29, 1.82) is 0 Å². The summed E-state index contributed by atoms with van der Waals surface area (Å²) in [5.74, 6) is 0.317. The second kappa shape index (κ2) is 5.85. The average Bonchev–Trinajstić information content (AvgIpc) is 3.00. The van der Waals surface area contributed by atoms with Gasteiger partial charge < -0.3 is 0 Å². The minimum absolute atomic E-state index is 0.317. The van der Waals surface area contributed by atoms with Crippen LogP contribution in [0.1, 0.15) is 22.6 Å². The highest BCUT2D eigenvalue weighted by molar-refractivity contribution is 7.08. The standard InChI is InChI=1S/C18H15S/c1-3-7-16(8-4-1)18(13-15-11-12-19-14-15)17-9-5-2-6-10-17/h1-14,18H. The van der Waals surface area contributed by atoms with Crippen LogP contribution in [0.3, 0.4) is 0 Å². The highest BCUT2D eigenvalue weighted by Gasteiger charge is 2.14. The topological polar surface area (TPSA) is 0 Å². The van der Waals surface area contributed by atoms with Crippen LogP contribution in [-0.4, -0.2) is 0 Å². The minimum Gasteiger partial charge on any atom is -0.152 e. The third-order valence-electron chi connectivity index (χ3n) is 3.22. The van der Waals surface area contributed by atoms with Crippen LogP contribution < -0.4 is 0 Å². The van der Waals surface area contributed by atoms with Crippen LogP contribution in [0.5, 0.6) is 0 Å². The largest absolute Gasteiger partial charge is 0.152 e. The van der Waals surface area contributed by atoms with Gasteiger partial charge in [0.15, 0.2) is 0 Å². The Balaban J connectivity index is 1.96. The Morgan fingerprint density at radius 3 is 1.79 bits per heavy atom. The van der Waals surface area contributed by atoms with Gasteiger partial charge in [-0.15, -0.1) is 0 Å². The fourth-order valence-electron chi connectivity index (χ4n) is 2.27. The summed E-state index contributed by atoms with van der Waals surface area (Å²) in [6.07, 6.45) is 2.33. The van der Waals surface area contributed by atoms with Gasteiger partial charge in [-0.05, 0) is 33.5 Å². The summed E-state index contributed by atoms with van der Waals surface area (Å²) in [5.41, 5.74) is 3.96. The highest BCUT2D eigenvalue weighted by atomic mass is 32.1. The molecular formula is C18H15S. The Hall–Kier alpha value is -1.86. The van der Waals surface area contributed by atoms with Crippen molar-refractivity contribution in [2.75, 3.05) is 0 Å². The van der Waals surface area contributed by atoms with Crippen molar-refractivity contribution in [2.24, 2.45) is 0 Å². The molecule has 0 N–H and O–H groups in total. The van der Waals surface area contributed by atoms with E-state index in [1.165, 1.54) is 16.7 Å². The third-order valence-corrected chi connectivity index (χ3v) is 3.92. The Morgan fingerprint density at radius 2 is 1.32 bits per heavy atom. The van der Waals surface area contributed by atoms with Crippen LogP contribution in [0, 0.1) is 6.42 Å². The SMILES string of the molecule is [CH](c1ccsc1)C(c1ccccc1)c1ccccc1. The Labute approximate surface area is 118 Å². The number of rotatable bonds is 4. The van der Waals surface area contributed by atoms with Crippen LogP contribution in [0.15, 0.2) is 77.5 Å². The van der Waals surface area contributed by atoms with Crippen molar-refractivity contribution >= 4 is 11.3 Å². The Kier molecular flexibility index (Phi) is 3.75. The molecule has 0 aliphatic carbocycles. The molecule has 93 valence electrons. The van der Waals surface area contributed by atoms with E-state index in [0.29, 0.717) is 5.92 Å². The lowest BCUT2D eigenvalue weighted by molar-refractivity contribution is 0.961. The molecule has 3 aromatic rings. The van der Waals surface area contributed by atoms with Gasteiger partial charge in [0, 0.05) is 12.3 Å². The van der Waals surface area contributed by atoms with Crippen LogP contribution in [0.2, 0.25) is 0 Å². The molecule has 0 nitrogen and oxygen atoms in total. The molecule has 0 amide bonds. The molecule has 19 heavy (non-hydrogen) atoms. The van der Waals surface area contributed by atoms with Gasteiger partial charge in [0.2, 0.25) is 0 Å². The summed E-state index contributed by atoms with van der Waals surface area (Å²) in [4.78, 5) is 0. The summed E-state index contributed by atoms with van der Waals surface area (Å²) in [7, 11) is 0. The quantitative estimate of drug-likeness (QED) is 0.612. The first kappa shape index (κ1) is 12.2. The lowest BCUT2D eigenvalue weighted by Crippen LogP contribution is -2.02. The summed E-state index contributed by atoms with van der Waals surface area (Å²) < 4.78 is 0. The summed E-state index contributed by atoms with van der Waals surface area (Å²) >= 11 is 1.74. The van der Waals surface area contributed by atoms with Gasteiger partial charge in [0.05, 0.1) is 0 Å². The summed E-state index contributed by atoms with van der Waals surface area (Å²) in [5, 5.41) is 4.32. The van der Waals surface area contributed by atoms with Crippen molar-refractivity contribution in [3.05, 3.63) is 101 Å². The number of hydrogen-bond donors (Lipinski definition) is 0. The first-order chi connectivity index (χ1) is 9.43. The first-order valence-corrected chi connectivity index (χ1v) is 7.35. The third kappa shape index (κ3) is 2.94. The fourth-order valence-corrected chi connectivity index (χ4v) is 2.90. The molecule has 2 aromatic carbocycles. The molecule has 0 aliphatic heterocycles. The zero-order valence-electron chi connectivity index (χ0n) is 10.6. The maximum atomic E-state index is 2.33. The van der Waals surface area contributed by atoms with E-state index in [1.54, 1.807) is 11.3 Å². The van der Waals surface area contributed by atoms with E-state index in [9.17, 15) is 0 Å². The second-order valence-corrected chi connectivity index (χ2v) is 5.30. The van der Waals surface area contributed by atoms with E-state index in [-0.39, 0.29) is 0 Å². The molecule has 0 aliphatic rings. The second-order valence-electron chi connectivity index (χ2n) is 4.52. The molecule has 1 heterocycles. The van der Waals surface area contributed by atoms with E-state index in [2.05, 4.69) is 83.9 Å². The molecule has 0 bridgehead atoms. The molecule has 0 fully saturated rings. The van der Waals surface area contributed by atoms with Crippen molar-refractivity contribution in [3.63, 3.8) is 0 Å². The van der Waals surface area contributed by atoms with Crippen LogP contribution in [0.25, 0.3) is 0 Å². The smallest absolute Gasteiger partial charge is 0.0165 e. The zero-order valence-corrected chi connectivity index (χ0v) is 11.4. The number of hydrogen-bond acceptors (Lipinski definition) is 1. The molecule has 0 saturated carbocycles. The predicted octanol–water partition coefficient (Wildman–Crippen LogP) is 5.13. The lowest BCUT2D eigenvalue weighted by Gasteiger charge is -2.17. The van der Waals surface area contributed by atoms with Gasteiger partial charge in [-0.25, -0.2) is 0 Å². The molecule has 1 heteroatoms. The van der Waals surface area contributed by atoms with Crippen molar-refractivity contribution in [2.45, 2.75) is 5.92 Å². The first-order valence-electron chi connectivity index (χ1n) is 6.40. The van der Waals surface area contributed by atoms with Crippen molar-refractivity contribution in [3.8, 4) is 0 Å². The van der Waals surface area contributed by atoms with Gasteiger partial charge in [-0.1, -0.05) is 60.7 Å². The number of benzene rings is 2. The molecule has 0 saturated heterocycles. The molecule has 1 radical (unpaired) electrons. The van der Waals surface area contributed by atoms with E-state index in [0.717, 1.165) is 0 Å². The minimum atomic E-state index is 0.317. The monoisotopic (exact) mass is 263 g/mol. The summed E-state index contributed by atoms with van der Waals surface area (Å²) in [6.45, 7) is 0. The lowest BCUT2D eigenvalue weighted by atomic mass is 9.87. The van der Waals surface area contributed by atoms with E-state index in [1.807, 2.05) is 0 Å². The summed E-state index contributed by atoms with van der Waals surface area (Å²) in [6, 6.07) is 23.5. The average molecular weight is 263 g/mol. The predicted molar refractivity (Wildman–Crippen MR) is 82.4 cm³/mol. The molecule has 1 aromatic heterocycles. The molecular weight excluding hydrogens is 248 g/mol. The Morgan fingerprint density at radius 1 is 0.737 bits per heavy atom. The maximum absolute atomic E-state index is 2.33. The number of thiophene rings is 1. The Bertz CT molecular complexity index is 557. The molecule has 0 unspecified atom stereocenters. The molecule has 3 rings (SSSR count). The van der Waals surface area contributed by atoms with Crippen molar-refractivity contribution < 1.29 is 0 Å². The van der Waals surface area contributed by atoms with Gasteiger partial charge >= 0.3 is 0 Å². The highest BCUT2D eigenvalue weighted by Crippen LogP contribution is 2.30. The van der Waals surface area contributed by atoms with Gasteiger partial charge in [0.25, 0.3) is 0 Å². The van der Waals surface area contributed by atoms with Gasteiger partial charge in [-0.3, -0.25) is 0 Å². The van der Waals surface area contributed by atoms with Crippen molar-refractivity contribution in [1.82, 2.24) is 0 Å². The molecule has 0 spiro atoms. The fraction of sp³-hybridized carbons (Fsp3) is 0.0556. The van der Waals surface area contributed by atoms with Gasteiger partial charge in [0.1, 0.15) is 0 Å². The normalized spacial score (nSPS) is 10.8.